The number of aromatic nitrogens is 1. The number of ether oxygens (including phenoxy) is 1. The van der Waals surface area contributed by atoms with Crippen molar-refractivity contribution in [3.63, 3.8) is 0 Å². The monoisotopic (exact) mass is 461 g/mol. The van der Waals surface area contributed by atoms with Gasteiger partial charge in [0.15, 0.2) is 0 Å². The van der Waals surface area contributed by atoms with E-state index in [9.17, 15) is 0 Å². The van der Waals surface area contributed by atoms with Crippen LogP contribution in [0.1, 0.15) is 39.7 Å². The number of fused-ring (bicyclic) bond motifs is 1. The van der Waals surface area contributed by atoms with Gasteiger partial charge >= 0.3 is 0 Å². The summed E-state index contributed by atoms with van der Waals surface area (Å²) in [6, 6.07) is 26.6. The van der Waals surface area contributed by atoms with Crippen LogP contribution in [0.3, 0.4) is 0 Å². The molecule has 1 heterocycles. The summed E-state index contributed by atoms with van der Waals surface area (Å²) in [5.41, 5.74) is 6.51. The molecular formula is C28H25Cl2NO. The number of alkyl halides is 1. The Labute approximate surface area is 199 Å². The maximum atomic E-state index is 6.77. The molecule has 4 heteroatoms. The minimum absolute atomic E-state index is 0.0557. The number of nitrogens with zero attached hydrogens (tertiary/aromatic N) is 1. The van der Waals surface area contributed by atoms with Crippen molar-refractivity contribution in [2.75, 3.05) is 7.11 Å². The molecule has 0 spiro atoms. The minimum Gasteiger partial charge on any atom is -0.380 e. The largest absolute Gasteiger partial charge is 0.380 e. The van der Waals surface area contributed by atoms with Crippen LogP contribution in [0.25, 0.3) is 23.1 Å². The highest BCUT2D eigenvalue weighted by atomic mass is 35.5. The molecule has 0 aliphatic rings. The van der Waals surface area contributed by atoms with E-state index in [1.54, 1.807) is 7.11 Å². The number of halogens is 2. The molecular weight excluding hydrogens is 437 g/mol. The molecule has 0 radical (unpaired) electrons. The highest BCUT2D eigenvalue weighted by molar-refractivity contribution is 6.31. The lowest BCUT2D eigenvalue weighted by molar-refractivity contribution is 0.184. The second kappa shape index (κ2) is 10.8. The first-order chi connectivity index (χ1) is 15.6. The first kappa shape index (κ1) is 22.5. The minimum atomic E-state index is -0.0557. The predicted molar refractivity (Wildman–Crippen MR) is 136 cm³/mol. The molecule has 162 valence electrons. The molecule has 4 rings (SSSR count). The zero-order valence-corrected chi connectivity index (χ0v) is 19.5. The smallest absolute Gasteiger partial charge is 0.0724 e. The number of hydrogen-bond acceptors (Lipinski definition) is 2. The second-order valence-corrected chi connectivity index (χ2v) is 8.75. The van der Waals surface area contributed by atoms with Gasteiger partial charge in [-0.1, -0.05) is 78.3 Å². The van der Waals surface area contributed by atoms with E-state index in [4.69, 9.17) is 27.9 Å². The molecule has 32 heavy (non-hydrogen) atoms. The Morgan fingerprint density at radius 3 is 2.56 bits per heavy atom. The predicted octanol–water partition coefficient (Wildman–Crippen LogP) is 8.12. The van der Waals surface area contributed by atoms with Crippen LogP contribution in [-0.2, 0) is 17.8 Å². The van der Waals surface area contributed by atoms with Crippen LogP contribution in [-0.4, -0.2) is 12.1 Å². The van der Waals surface area contributed by atoms with E-state index in [0.29, 0.717) is 11.6 Å². The Kier molecular flexibility index (Phi) is 7.59. The van der Waals surface area contributed by atoms with Gasteiger partial charge in [0, 0.05) is 17.5 Å². The number of aryl methyl sites for hydroxylation is 1. The van der Waals surface area contributed by atoms with Crippen LogP contribution < -0.4 is 0 Å². The van der Waals surface area contributed by atoms with Crippen LogP contribution in [0, 0.1) is 0 Å². The molecule has 0 saturated carbocycles. The molecule has 0 saturated heterocycles. The summed E-state index contributed by atoms with van der Waals surface area (Å²) < 4.78 is 5.32. The Morgan fingerprint density at radius 2 is 1.72 bits per heavy atom. The second-order valence-electron chi connectivity index (χ2n) is 7.78. The lowest BCUT2D eigenvalue weighted by atomic mass is 9.99. The third-order valence-electron chi connectivity index (χ3n) is 5.48. The van der Waals surface area contributed by atoms with Crippen molar-refractivity contribution in [2.24, 2.45) is 0 Å². The molecule has 3 aromatic carbocycles. The average molecular weight is 462 g/mol. The SMILES string of the molecule is COCc1ccccc1CC[C@H](Cl)c1cccc(C=Cc2ccc3ccc(Cl)cc3n2)c1. The molecule has 1 aromatic heterocycles. The van der Waals surface area contributed by atoms with Crippen LogP contribution in [0.2, 0.25) is 5.02 Å². The number of methoxy groups -OCH3 is 1. The van der Waals surface area contributed by atoms with Crippen molar-refractivity contribution < 1.29 is 4.74 Å². The highest BCUT2D eigenvalue weighted by Gasteiger charge is 2.10. The average Bonchev–Trinajstić information content (AvgIpc) is 2.82. The van der Waals surface area contributed by atoms with Crippen molar-refractivity contribution in [2.45, 2.75) is 24.8 Å². The van der Waals surface area contributed by atoms with Crippen LogP contribution in [0.4, 0.5) is 0 Å². The van der Waals surface area contributed by atoms with Gasteiger partial charge in [-0.25, -0.2) is 4.98 Å². The molecule has 0 aliphatic heterocycles. The van der Waals surface area contributed by atoms with Gasteiger partial charge in [0.25, 0.3) is 0 Å². The fourth-order valence-electron chi connectivity index (χ4n) is 3.78. The standard InChI is InChI=1S/C28H25Cl2NO/c1-32-19-24-7-3-2-6-21(24)12-16-27(30)23-8-4-5-20(17-23)9-14-26-15-11-22-10-13-25(29)18-28(22)31-26/h2-11,13-15,17-18,27H,12,16,19H2,1H3/t27-/m0/s1. The van der Waals surface area contributed by atoms with Gasteiger partial charge in [0.2, 0.25) is 0 Å². The summed E-state index contributed by atoms with van der Waals surface area (Å²) in [6.07, 6.45) is 5.86. The number of hydrogen-bond donors (Lipinski definition) is 0. The van der Waals surface area contributed by atoms with E-state index >= 15 is 0 Å². The van der Waals surface area contributed by atoms with Gasteiger partial charge in [0.1, 0.15) is 0 Å². The van der Waals surface area contributed by atoms with Gasteiger partial charge < -0.3 is 4.74 Å². The van der Waals surface area contributed by atoms with E-state index in [2.05, 4.69) is 59.6 Å². The Morgan fingerprint density at radius 1 is 0.906 bits per heavy atom. The van der Waals surface area contributed by atoms with E-state index in [0.717, 1.165) is 40.6 Å². The summed E-state index contributed by atoms with van der Waals surface area (Å²) in [7, 11) is 1.72. The quantitative estimate of drug-likeness (QED) is 0.247. The first-order valence-electron chi connectivity index (χ1n) is 10.7. The van der Waals surface area contributed by atoms with E-state index in [-0.39, 0.29) is 5.38 Å². The fraction of sp³-hybridized carbons (Fsp3) is 0.179. The molecule has 0 fully saturated rings. The zero-order valence-electron chi connectivity index (χ0n) is 18.0. The molecule has 0 amide bonds. The molecule has 0 aliphatic carbocycles. The van der Waals surface area contributed by atoms with Crippen molar-refractivity contribution in [1.82, 2.24) is 4.98 Å². The van der Waals surface area contributed by atoms with Crippen LogP contribution in [0.5, 0.6) is 0 Å². The Bertz CT molecular complexity index is 1240. The molecule has 2 nitrogen and oxygen atoms in total. The van der Waals surface area contributed by atoms with Gasteiger partial charge in [-0.3, -0.25) is 0 Å². The molecule has 1 atom stereocenters. The van der Waals surface area contributed by atoms with E-state index < -0.39 is 0 Å². The first-order valence-corrected chi connectivity index (χ1v) is 11.5. The molecule has 4 aromatic rings. The van der Waals surface area contributed by atoms with E-state index in [1.807, 2.05) is 36.4 Å². The third kappa shape index (κ3) is 5.77. The summed E-state index contributed by atoms with van der Waals surface area (Å²) in [5.74, 6) is 0. The number of rotatable bonds is 8. The van der Waals surface area contributed by atoms with Crippen molar-refractivity contribution in [1.29, 1.82) is 0 Å². The van der Waals surface area contributed by atoms with Gasteiger partial charge in [-0.2, -0.15) is 0 Å². The molecule has 0 unspecified atom stereocenters. The van der Waals surface area contributed by atoms with Crippen LogP contribution >= 0.6 is 23.2 Å². The van der Waals surface area contributed by atoms with Gasteiger partial charge in [-0.05, 0) is 59.4 Å². The van der Waals surface area contributed by atoms with Crippen LogP contribution in [0.15, 0.2) is 78.9 Å². The van der Waals surface area contributed by atoms with Gasteiger partial charge in [-0.15, -0.1) is 11.6 Å². The topological polar surface area (TPSA) is 22.1 Å². The fourth-order valence-corrected chi connectivity index (χ4v) is 4.20. The lowest BCUT2D eigenvalue weighted by Gasteiger charge is -2.13. The maximum Gasteiger partial charge on any atom is 0.0724 e. The Hall–Kier alpha value is -2.65. The number of pyridine rings is 1. The highest BCUT2D eigenvalue weighted by Crippen LogP contribution is 2.28. The maximum absolute atomic E-state index is 6.77. The number of benzene rings is 3. The van der Waals surface area contributed by atoms with Crippen molar-refractivity contribution in [3.05, 3.63) is 112 Å². The summed E-state index contributed by atoms with van der Waals surface area (Å²) in [4.78, 5) is 4.69. The van der Waals surface area contributed by atoms with Crippen molar-refractivity contribution in [3.8, 4) is 0 Å². The normalized spacial score (nSPS) is 12.5. The third-order valence-corrected chi connectivity index (χ3v) is 6.19. The van der Waals surface area contributed by atoms with Crippen molar-refractivity contribution >= 4 is 46.3 Å². The summed E-state index contributed by atoms with van der Waals surface area (Å²) in [6.45, 7) is 0.623. The summed E-state index contributed by atoms with van der Waals surface area (Å²) in [5, 5.41) is 1.71. The molecule has 0 bridgehead atoms. The Balaban J connectivity index is 1.45. The lowest BCUT2D eigenvalue weighted by Crippen LogP contribution is -1.99. The van der Waals surface area contributed by atoms with E-state index in [1.165, 1.54) is 11.1 Å². The summed E-state index contributed by atoms with van der Waals surface area (Å²) >= 11 is 12.9. The molecule has 0 N–H and O–H groups in total. The van der Waals surface area contributed by atoms with Gasteiger partial charge in [0.05, 0.1) is 23.2 Å². The zero-order chi connectivity index (χ0) is 22.3.